The van der Waals surface area contributed by atoms with Gasteiger partial charge in [-0.2, -0.15) is 0 Å². The molecule has 1 fully saturated rings. The predicted octanol–water partition coefficient (Wildman–Crippen LogP) is 4.69. The standard InChI is InChI=1S/C17H32O3Si/c1-8-9-15-10-16(20-17(15)18)11-19-21(12(2)3,13(4)5)14(6)7/h8,12-16H,1,9-11H2,2-7H3/t15?,16-/m0/s1. The largest absolute Gasteiger partial charge is 0.460 e. The lowest BCUT2D eigenvalue weighted by Gasteiger charge is -2.42. The van der Waals surface area contributed by atoms with Crippen LogP contribution in [0.4, 0.5) is 0 Å². The minimum atomic E-state index is -1.87. The fourth-order valence-electron chi connectivity index (χ4n) is 3.96. The van der Waals surface area contributed by atoms with Crippen molar-refractivity contribution in [2.24, 2.45) is 5.92 Å². The van der Waals surface area contributed by atoms with Gasteiger partial charge in [0.2, 0.25) is 8.32 Å². The van der Waals surface area contributed by atoms with Gasteiger partial charge in [-0.15, -0.1) is 6.58 Å². The van der Waals surface area contributed by atoms with E-state index in [9.17, 15) is 4.79 Å². The number of cyclic esters (lactones) is 1. The number of carbonyl (C=O) groups is 1. The number of rotatable bonds is 8. The van der Waals surface area contributed by atoms with Crippen molar-refractivity contribution in [3.05, 3.63) is 12.7 Å². The molecule has 4 heteroatoms. The summed E-state index contributed by atoms with van der Waals surface area (Å²) >= 11 is 0. The van der Waals surface area contributed by atoms with Crippen LogP contribution in [0.25, 0.3) is 0 Å². The molecule has 21 heavy (non-hydrogen) atoms. The Balaban J connectivity index is 2.71. The zero-order chi connectivity index (χ0) is 16.2. The molecule has 0 aliphatic carbocycles. The van der Waals surface area contributed by atoms with E-state index >= 15 is 0 Å². The van der Waals surface area contributed by atoms with Gasteiger partial charge in [-0.1, -0.05) is 47.6 Å². The molecule has 1 saturated heterocycles. The van der Waals surface area contributed by atoms with Crippen LogP contribution in [0.2, 0.25) is 16.6 Å². The van der Waals surface area contributed by atoms with E-state index in [1.807, 2.05) is 0 Å². The fraction of sp³-hybridized carbons (Fsp3) is 0.824. The zero-order valence-corrected chi connectivity index (χ0v) is 15.5. The van der Waals surface area contributed by atoms with Gasteiger partial charge in [0.15, 0.2) is 0 Å². The molecule has 2 atom stereocenters. The molecular formula is C17H32O3Si. The summed E-state index contributed by atoms with van der Waals surface area (Å²) in [6, 6.07) is 0. The second-order valence-electron chi connectivity index (χ2n) is 7.14. The van der Waals surface area contributed by atoms with Crippen molar-refractivity contribution in [1.29, 1.82) is 0 Å². The van der Waals surface area contributed by atoms with Crippen LogP contribution in [-0.2, 0) is 14.0 Å². The molecule has 0 aromatic heterocycles. The first-order valence-electron chi connectivity index (χ1n) is 8.21. The van der Waals surface area contributed by atoms with Gasteiger partial charge in [0.05, 0.1) is 12.5 Å². The summed E-state index contributed by atoms with van der Waals surface area (Å²) < 4.78 is 12.0. The third-order valence-electron chi connectivity index (χ3n) is 4.84. The Kier molecular flexibility index (Phi) is 6.66. The van der Waals surface area contributed by atoms with Crippen molar-refractivity contribution in [3.63, 3.8) is 0 Å². The zero-order valence-electron chi connectivity index (χ0n) is 14.5. The molecule has 0 aromatic rings. The number of esters is 1. The van der Waals surface area contributed by atoms with Crippen LogP contribution < -0.4 is 0 Å². The van der Waals surface area contributed by atoms with E-state index in [4.69, 9.17) is 9.16 Å². The van der Waals surface area contributed by atoms with Crippen molar-refractivity contribution < 1.29 is 14.0 Å². The molecule has 0 bridgehead atoms. The molecule has 122 valence electrons. The second kappa shape index (κ2) is 7.59. The van der Waals surface area contributed by atoms with Crippen molar-refractivity contribution in [1.82, 2.24) is 0 Å². The average molecular weight is 313 g/mol. The number of ether oxygens (including phenoxy) is 1. The van der Waals surface area contributed by atoms with E-state index in [1.54, 1.807) is 6.08 Å². The van der Waals surface area contributed by atoms with E-state index in [-0.39, 0.29) is 18.0 Å². The Morgan fingerprint density at radius 1 is 1.24 bits per heavy atom. The summed E-state index contributed by atoms with van der Waals surface area (Å²) in [7, 11) is -1.87. The van der Waals surface area contributed by atoms with E-state index in [2.05, 4.69) is 48.1 Å². The molecule has 1 aliphatic rings. The molecule has 1 heterocycles. The van der Waals surface area contributed by atoms with Gasteiger partial charge < -0.3 is 9.16 Å². The second-order valence-corrected chi connectivity index (χ2v) is 12.6. The molecule has 1 aliphatic heterocycles. The first-order chi connectivity index (χ1) is 9.75. The van der Waals surface area contributed by atoms with E-state index in [0.29, 0.717) is 29.7 Å². The van der Waals surface area contributed by atoms with E-state index in [1.165, 1.54) is 0 Å². The van der Waals surface area contributed by atoms with Gasteiger partial charge >= 0.3 is 5.97 Å². The highest BCUT2D eigenvalue weighted by Crippen LogP contribution is 2.42. The summed E-state index contributed by atoms with van der Waals surface area (Å²) in [5.74, 6) is -0.112. The van der Waals surface area contributed by atoms with Crippen LogP contribution in [-0.4, -0.2) is 27.0 Å². The van der Waals surface area contributed by atoms with Crippen molar-refractivity contribution in [2.75, 3.05) is 6.61 Å². The normalized spacial score (nSPS) is 23.2. The average Bonchev–Trinajstić information content (AvgIpc) is 2.70. The molecule has 1 unspecified atom stereocenters. The summed E-state index contributed by atoms with van der Waals surface area (Å²) in [5.41, 5.74) is 1.66. The Morgan fingerprint density at radius 3 is 2.19 bits per heavy atom. The van der Waals surface area contributed by atoms with Gasteiger partial charge in [-0.05, 0) is 23.0 Å². The van der Waals surface area contributed by atoms with Crippen LogP contribution in [0.15, 0.2) is 12.7 Å². The van der Waals surface area contributed by atoms with Crippen LogP contribution in [0.5, 0.6) is 0 Å². The topological polar surface area (TPSA) is 35.5 Å². The summed E-state index contributed by atoms with van der Waals surface area (Å²) in [6.45, 7) is 17.9. The monoisotopic (exact) mass is 312 g/mol. The highest BCUT2D eigenvalue weighted by molar-refractivity contribution is 6.77. The van der Waals surface area contributed by atoms with Crippen molar-refractivity contribution >= 4 is 14.3 Å². The van der Waals surface area contributed by atoms with Gasteiger partial charge in [0.1, 0.15) is 6.10 Å². The molecule has 0 aromatic carbocycles. The Bertz CT molecular complexity index is 341. The number of allylic oxidation sites excluding steroid dienone is 1. The maximum Gasteiger partial charge on any atom is 0.309 e. The lowest BCUT2D eigenvalue weighted by atomic mass is 10.0. The Labute approximate surface area is 131 Å². The van der Waals surface area contributed by atoms with Crippen LogP contribution >= 0.6 is 0 Å². The van der Waals surface area contributed by atoms with Crippen molar-refractivity contribution in [3.8, 4) is 0 Å². The first kappa shape index (κ1) is 18.4. The Morgan fingerprint density at radius 2 is 1.76 bits per heavy atom. The minimum absolute atomic E-state index is 0.0238. The third kappa shape index (κ3) is 3.98. The fourth-order valence-corrected chi connectivity index (χ4v) is 9.43. The smallest absolute Gasteiger partial charge is 0.309 e. The highest BCUT2D eigenvalue weighted by Gasteiger charge is 2.46. The summed E-state index contributed by atoms with van der Waals surface area (Å²) in [6.07, 6.45) is 3.19. The molecule has 3 nitrogen and oxygen atoms in total. The van der Waals surface area contributed by atoms with Gasteiger partial charge in [0, 0.05) is 6.42 Å². The highest BCUT2D eigenvalue weighted by atomic mass is 28.4. The van der Waals surface area contributed by atoms with Gasteiger partial charge in [0.25, 0.3) is 0 Å². The molecule has 0 N–H and O–H groups in total. The molecule has 1 rings (SSSR count). The van der Waals surface area contributed by atoms with E-state index in [0.717, 1.165) is 6.42 Å². The first-order valence-corrected chi connectivity index (χ1v) is 10.3. The summed E-state index contributed by atoms with van der Waals surface area (Å²) in [5, 5.41) is 0. The maximum absolute atomic E-state index is 11.8. The predicted molar refractivity (Wildman–Crippen MR) is 89.8 cm³/mol. The van der Waals surface area contributed by atoms with Crippen LogP contribution in [0.3, 0.4) is 0 Å². The number of carbonyl (C=O) groups excluding carboxylic acids is 1. The van der Waals surface area contributed by atoms with Gasteiger partial charge in [-0.3, -0.25) is 4.79 Å². The Hall–Kier alpha value is -0.613. The molecule has 0 spiro atoms. The molecular weight excluding hydrogens is 280 g/mol. The number of hydrogen-bond acceptors (Lipinski definition) is 3. The van der Waals surface area contributed by atoms with Crippen LogP contribution in [0, 0.1) is 5.92 Å². The minimum Gasteiger partial charge on any atom is -0.460 e. The van der Waals surface area contributed by atoms with Crippen molar-refractivity contribution in [2.45, 2.75) is 77.1 Å². The molecule has 0 saturated carbocycles. The lowest BCUT2D eigenvalue weighted by Crippen LogP contribution is -2.49. The van der Waals surface area contributed by atoms with Crippen LogP contribution in [0.1, 0.15) is 54.4 Å². The maximum atomic E-state index is 11.8. The lowest BCUT2D eigenvalue weighted by molar-refractivity contribution is -0.145. The summed E-state index contributed by atoms with van der Waals surface area (Å²) in [4.78, 5) is 11.8. The molecule has 0 amide bonds. The quantitative estimate of drug-likeness (QED) is 0.371. The molecule has 0 radical (unpaired) electrons. The van der Waals surface area contributed by atoms with Gasteiger partial charge in [-0.25, -0.2) is 0 Å². The third-order valence-corrected chi connectivity index (χ3v) is 10.9. The SMILES string of the molecule is C=CCC1C[C@@H](CO[Si](C(C)C)(C(C)C)C(C)C)OC1=O. The van der Waals surface area contributed by atoms with E-state index < -0.39 is 8.32 Å². The number of hydrogen-bond donors (Lipinski definition) is 0.